The van der Waals surface area contributed by atoms with Crippen molar-refractivity contribution in [2.24, 2.45) is 0 Å². The zero-order valence-electron chi connectivity index (χ0n) is 14.3. The quantitative estimate of drug-likeness (QED) is 0.789. The van der Waals surface area contributed by atoms with E-state index < -0.39 is 0 Å². The summed E-state index contributed by atoms with van der Waals surface area (Å²) in [5, 5.41) is 3.87. The molecular weight excluding hydrogens is 292 g/mol. The van der Waals surface area contributed by atoms with Gasteiger partial charge in [-0.1, -0.05) is 6.92 Å². The monoisotopic (exact) mass is 316 g/mol. The highest BCUT2D eigenvalue weighted by Gasteiger charge is 2.18. The van der Waals surface area contributed by atoms with E-state index in [-0.39, 0.29) is 17.4 Å². The Morgan fingerprint density at radius 2 is 2.09 bits per heavy atom. The predicted octanol–water partition coefficient (Wildman–Crippen LogP) is 4.05. The molecule has 0 aliphatic carbocycles. The van der Waals surface area contributed by atoms with E-state index in [2.05, 4.69) is 10.3 Å². The van der Waals surface area contributed by atoms with Crippen LogP contribution in [-0.2, 0) is 0 Å². The Kier molecular flexibility index (Phi) is 5.32. The van der Waals surface area contributed by atoms with Gasteiger partial charge < -0.3 is 19.8 Å². The molecule has 1 heterocycles. The van der Waals surface area contributed by atoms with Crippen molar-refractivity contribution in [1.29, 1.82) is 0 Å². The predicted molar refractivity (Wildman–Crippen MR) is 94.6 cm³/mol. The topological polar surface area (TPSA) is 63.4 Å². The molecule has 5 nitrogen and oxygen atoms in total. The van der Waals surface area contributed by atoms with E-state index in [1.165, 1.54) is 0 Å². The number of ether oxygens (including phenoxy) is 2. The minimum absolute atomic E-state index is 0.122. The molecule has 0 aliphatic rings. The molecule has 2 aromatic rings. The molecule has 0 spiro atoms. The maximum absolute atomic E-state index is 12.4. The van der Waals surface area contributed by atoms with E-state index in [0.29, 0.717) is 11.3 Å². The fourth-order valence-corrected chi connectivity index (χ4v) is 2.32. The molecule has 0 saturated heterocycles. The number of anilines is 1. The van der Waals surface area contributed by atoms with Gasteiger partial charge in [0.25, 0.3) is 5.56 Å². The van der Waals surface area contributed by atoms with Gasteiger partial charge in [0, 0.05) is 24.5 Å². The molecule has 0 amide bonds. The highest BCUT2D eigenvalue weighted by molar-refractivity contribution is 5.89. The molecule has 2 N–H and O–H groups in total. The number of hydrogen-bond acceptors (Lipinski definition) is 4. The first-order valence-corrected chi connectivity index (χ1v) is 7.87. The second kappa shape index (κ2) is 7.22. The lowest BCUT2D eigenvalue weighted by atomic mass is 10.1. The van der Waals surface area contributed by atoms with E-state index in [1.807, 2.05) is 59.0 Å². The first-order valence-electron chi connectivity index (χ1n) is 7.87. The molecule has 23 heavy (non-hydrogen) atoms. The SMILES string of the molecule is CC=C(CC)Oc1c(OC(C)C)c(=O)[nH]c2cc(NC)ccc12. The fraction of sp³-hybridized carbons (Fsp3) is 0.389. The van der Waals surface area contributed by atoms with Gasteiger partial charge in [-0.15, -0.1) is 0 Å². The fourth-order valence-electron chi connectivity index (χ4n) is 2.32. The second-order valence-electron chi connectivity index (χ2n) is 5.50. The van der Waals surface area contributed by atoms with Gasteiger partial charge >= 0.3 is 0 Å². The van der Waals surface area contributed by atoms with Crippen LogP contribution in [0.3, 0.4) is 0 Å². The lowest BCUT2D eigenvalue weighted by molar-refractivity contribution is 0.228. The van der Waals surface area contributed by atoms with Gasteiger partial charge in [-0.3, -0.25) is 4.79 Å². The summed E-state index contributed by atoms with van der Waals surface area (Å²) in [4.78, 5) is 15.3. The molecule has 0 saturated carbocycles. The smallest absolute Gasteiger partial charge is 0.294 e. The maximum atomic E-state index is 12.4. The average Bonchev–Trinajstić information content (AvgIpc) is 2.53. The molecule has 5 heteroatoms. The van der Waals surface area contributed by atoms with Gasteiger partial charge in [0.2, 0.25) is 5.75 Å². The highest BCUT2D eigenvalue weighted by atomic mass is 16.5. The number of aromatic nitrogens is 1. The number of H-pyrrole nitrogens is 1. The van der Waals surface area contributed by atoms with Gasteiger partial charge in [-0.2, -0.15) is 0 Å². The average molecular weight is 316 g/mol. The Bertz CT molecular complexity index is 776. The standard InChI is InChI=1S/C18H24N2O3/c1-6-13(7-2)23-16-14-9-8-12(19-5)10-15(14)20-18(21)17(16)22-11(3)4/h6,8-11,19H,7H2,1-5H3,(H,20,21). The van der Waals surface area contributed by atoms with Gasteiger partial charge in [-0.05, 0) is 45.0 Å². The Morgan fingerprint density at radius 1 is 1.35 bits per heavy atom. The lowest BCUT2D eigenvalue weighted by Gasteiger charge is -2.17. The normalized spacial score (nSPS) is 11.8. The van der Waals surface area contributed by atoms with Crippen LogP contribution in [0.5, 0.6) is 11.5 Å². The van der Waals surface area contributed by atoms with Crippen molar-refractivity contribution in [3.05, 3.63) is 40.4 Å². The van der Waals surface area contributed by atoms with Crippen molar-refractivity contribution in [3.63, 3.8) is 0 Å². The van der Waals surface area contributed by atoms with E-state index in [0.717, 1.165) is 23.3 Å². The third-order valence-corrected chi connectivity index (χ3v) is 3.47. The third-order valence-electron chi connectivity index (χ3n) is 3.47. The molecule has 0 bridgehead atoms. The summed E-state index contributed by atoms with van der Waals surface area (Å²) in [5.74, 6) is 1.48. The molecule has 0 radical (unpaired) electrons. The zero-order valence-corrected chi connectivity index (χ0v) is 14.3. The first kappa shape index (κ1) is 16.9. The Morgan fingerprint density at radius 3 is 2.65 bits per heavy atom. The number of allylic oxidation sites excluding steroid dienone is 2. The van der Waals surface area contributed by atoms with Crippen molar-refractivity contribution in [1.82, 2.24) is 4.98 Å². The number of hydrogen-bond donors (Lipinski definition) is 2. The van der Waals surface area contributed by atoms with Crippen molar-refractivity contribution in [2.45, 2.75) is 40.2 Å². The molecule has 1 aromatic carbocycles. The minimum atomic E-state index is -0.291. The Balaban J connectivity index is 2.71. The molecule has 0 unspecified atom stereocenters. The number of aromatic amines is 1. The van der Waals surface area contributed by atoms with Crippen LogP contribution in [0.15, 0.2) is 34.8 Å². The molecule has 0 atom stereocenters. The Hall–Kier alpha value is -2.43. The summed E-state index contributed by atoms with van der Waals surface area (Å²) in [6.45, 7) is 7.69. The summed E-state index contributed by atoms with van der Waals surface area (Å²) in [5.41, 5.74) is 1.33. The maximum Gasteiger partial charge on any atom is 0.294 e. The Labute approximate surface area is 136 Å². The van der Waals surface area contributed by atoms with Gasteiger partial charge in [-0.25, -0.2) is 0 Å². The van der Waals surface area contributed by atoms with Crippen molar-refractivity contribution >= 4 is 16.6 Å². The first-order chi connectivity index (χ1) is 11.0. The lowest BCUT2D eigenvalue weighted by Crippen LogP contribution is -2.17. The van der Waals surface area contributed by atoms with Crippen LogP contribution in [-0.4, -0.2) is 18.1 Å². The van der Waals surface area contributed by atoms with Crippen LogP contribution >= 0.6 is 0 Å². The highest BCUT2D eigenvalue weighted by Crippen LogP contribution is 2.35. The van der Waals surface area contributed by atoms with Crippen molar-refractivity contribution in [2.75, 3.05) is 12.4 Å². The van der Waals surface area contributed by atoms with Crippen LogP contribution in [0.1, 0.15) is 34.1 Å². The summed E-state index contributed by atoms with van der Waals surface area (Å²) >= 11 is 0. The second-order valence-corrected chi connectivity index (χ2v) is 5.50. The number of nitrogens with one attached hydrogen (secondary N) is 2. The minimum Gasteiger partial charge on any atom is -0.482 e. The van der Waals surface area contributed by atoms with Gasteiger partial charge in [0.05, 0.1) is 17.4 Å². The third kappa shape index (κ3) is 3.67. The van der Waals surface area contributed by atoms with E-state index in [1.54, 1.807) is 0 Å². The van der Waals surface area contributed by atoms with Crippen molar-refractivity contribution < 1.29 is 9.47 Å². The van der Waals surface area contributed by atoms with Gasteiger partial charge in [0.1, 0.15) is 0 Å². The van der Waals surface area contributed by atoms with Crippen LogP contribution in [0.2, 0.25) is 0 Å². The van der Waals surface area contributed by atoms with Crippen LogP contribution in [0, 0.1) is 0 Å². The number of pyridine rings is 1. The summed E-state index contributed by atoms with van der Waals surface area (Å²) in [6, 6.07) is 5.74. The molecule has 1 aromatic heterocycles. The van der Waals surface area contributed by atoms with Gasteiger partial charge in [0.15, 0.2) is 5.75 Å². The molecule has 124 valence electrons. The van der Waals surface area contributed by atoms with Crippen molar-refractivity contribution in [3.8, 4) is 11.5 Å². The summed E-state index contributed by atoms with van der Waals surface area (Å²) < 4.78 is 11.7. The summed E-state index contributed by atoms with van der Waals surface area (Å²) in [7, 11) is 1.84. The number of rotatable bonds is 6. The number of fused-ring (bicyclic) bond motifs is 1. The van der Waals surface area contributed by atoms with Crippen LogP contribution in [0.25, 0.3) is 10.9 Å². The molecule has 0 aliphatic heterocycles. The number of benzene rings is 1. The molecular formula is C18H24N2O3. The largest absolute Gasteiger partial charge is 0.482 e. The summed E-state index contributed by atoms with van der Waals surface area (Å²) in [6.07, 6.45) is 2.51. The van der Waals surface area contributed by atoms with E-state index in [4.69, 9.17) is 9.47 Å². The van der Waals surface area contributed by atoms with E-state index >= 15 is 0 Å². The zero-order chi connectivity index (χ0) is 17.0. The van der Waals surface area contributed by atoms with Crippen LogP contribution in [0.4, 0.5) is 5.69 Å². The van der Waals surface area contributed by atoms with Crippen LogP contribution < -0.4 is 20.3 Å². The van der Waals surface area contributed by atoms with E-state index in [9.17, 15) is 4.79 Å². The molecule has 0 fully saturated rings. The molecule has 2 rings (SSSR count).